The quantitative estimate of drug-likeness (QED) is 0.374. The number of aryl methyl sites for hydroxylation is 1. The first-order valence-corrected chi connectivity index (χ1v) is 12.2. The highest BCUT2D eigenvalue weighted by Crippen LogP contribution is 2.31. The van der Waals surface area contributed by atoms with Crippen LogP contribution in [-0.4, -0.2) is 18.0 Å². The van der Waals surface area contributed by atoms with E-state index < -0.39 is 0 Å². The standard InChI is InChI=1S/C16H22.C9H15NO2.C2H4O.C2H6/c1-6-14(12(3)4)15(7-2)16-11-9-8-10-13(16)5;1-6(11)7-4-2-3-5-8(7)9(10)12;1-2-3;1-2/h7-11H,6H2,1-5H3;7-8H,2-5H2,1H3,(H2,10,12);2H,1H3;1-2H3/b15-7+;;;. The Morgan fingerprint density at radius 2 is 1.48 bits per heavy atom. The number of hydrogen-bond donors (Lipinski definition) is 1. The topological polar surface area (TPSA) is 77.2 Å². The maximum atomic E-state index is 11.1. The minimum atomic E-state index is -0.310. The van der Waals surface area contributed by atoms with Gasteiger partial charge in [-0.1, -0.05) is 69.5 Å². The average molecular weight is 458 g/mol. The van der Waals surface area contributed by atoms with Crippen LogP contribution in [0.1, 0.15) is 98.6 Å². The molecule has 186 valence electrons. The number of carbonyl (C=O) groups excluding carboxylic acids is 3. The van der Waals surface area contributed by atoms with Gasteiger partial charge in [-0.15, -0.1) is 0 Å². The molecule has 0 bridgehead atoms. The molecule has 0 aliphatic heterocycles. The number of primary amides is 1. The Bertz CT molecular complexity index is 764. The molecule has 4 heteroatoms. The average Bonchev–Trinajstić information content (AvgIpc) is 2.80. The summed E-state index contributed by atoms with van der Waals surface area (Å²) in [6.07, 6.45) is 7.78. The molecule has 33 heavy (non-hydrogen) atoms. The molecule has 0 radical (unpaired) electrons. The number of ketones is 1. The fourth-order valence-corrected chi connectivity index (χ4v) is 4.14. The second-order valence-electron chi connectivity index (χ2n) is 8.10. The van der Waals surface area contributed by atoms with Crippen molar-refractivity contribution in [2.75, 3.05) is 0 Å². The molecule has 0 heterocycles. The van der Waals surface area contributed by atoms with Crippen molar-refractivity contribution in [3.05, 3.63) is 52.6 Å². The molecule has 1 aliphatic carbocycles. The van der Waals surface area contributed by atoms with Gasteiger partial charge in [0.1, 0.15) is 12.1 Å². The first-order valence-electron chi connectivity index (χ1n) is 12.2. The van der Waals surface area contributed by atoms with E-state index in [9.17, 15) is 9.59 Å². The first-order chi connectivity index (χ1) is 15.7. The number of nitrogens with two attached hydrogens (primary N) is 1. The van der Waals surface area contributed by atoms with Gasteiger partial charge in [-0.2, -0.15) is 0 Å². The maximum absolute atomic E-state index is 11.1. The lowest BCUT2D eigenvalue weighted by molar-refractivity contribution is -0.132. The van der Waals surface area contributed by atoms with Crippen molar-refractivity contribution >= 4 is 23.5 Å². The summed E-state index contributed by atoms with van der Waals surface area (Å²) >= 11 is 0. The third kappa shape index (κ3) is 11.8. The summed E-state index contributed by atoms with van der Waals surface area (Å²) in [7, 11) is 0. The Hall–Kier alpha value is -2.49. The number of carbonyl (C=O) groups is 3. The highest BCUT2D eigenvalue weighted by Gasteiger charge is 2.32. The molecule has 0 saturated heterocycles. The van der Waals surface area contributed by atoms with Crippen LogP contribution in [-0.2, 0) is 14.4 Å². The van der Waals surface area contributed by atoms with Gasteiger partial charge in [0.25, 0.3) is 0 Å². The van der Waals surface area contributed by atoms with Gasteiger partial charge in [-0.05, 0) is 83.1 Å². The van der Waals surface area contributed by atoms with Crippen molar-refractivity contribution in [3.8, 4) is 0 Å². The summed E-state index contributed by atoms with van der Waals surface area (Å²) in [4.78, 5) is 30.9. The predicted octanol–water partition coefficient (Wildman–Crippen LogP) is 7.24. The SMILES string of the molecule is C/C=C(\C(CC)=C(C)C)c1ccccc1C.CC.CC(=O)C1CCCCC1C(N)=O.CC=O. The molecule has 2 unspecified atom stereocenters. The summed E-state index contributed by atoms with van der Waals surface area (Å²) in [6.45, 7) is 17.9. The van der Waals surface area contributed by atoms with Crippen LogP contribution in [0.3, 0.4) is 0 Å². The van der Waals surface area contributed by atoms with E-state index in [0.29, 0.717) is 0 Å². The van der Waals surface area contributed by atoms with Crippen molar-refractivity contribution in [2.24, 2.45) is 17.6 Å². The van der Waals surface area contributed by atoms with Crippen LogP contribution in [0.25, 0.3) is 5.57 Å². The molecule has 1 aromatic rings. The third-order valence-corrected chi connectivity index (χ3v) is 5.66. The number of benzene rings is 1. The number of aldehydes is 1. The number of amides is 1. The zero-order chi connectivity index (χ0) is 26.0. The second kappa shape index (κ2) is 19.0. The van der Waals surface area contributed by atoms with Gasteiger partial charge in [0.05, 0.1) is 0 Å². The van der Waals surface area contributed by atoms with Crippen LogP contribution >= 0.6 is 0 Å². The number of Topliss-reactive ketones (excluding diaryl/α,β-unsaturated/α-hetero) is 1. The van der Waals surface area contributed by atoms with Crippen LogP contribution in [0.5, 0.6) is 0 Å². The number of allylic oxidation sites excluding steroid dienone is 4. The normalized spacial score (nSPS) is 16.9. The number of hydrogen-bond acceptors (Lipinski definition) is 3. The molecular formula is C29H47NO3. The Kier molecular flexibility index (Phi) is 18.8. The van der Waals surface area contributed by atoms with Crippen LogP contribution < -0.4 is 5.73 Å². The highest BCUT2D eigenvalue weighted by atomic mass is 16.1. The lowest BCUT2D eigenvalue weighted by Gasteiger charge is -2.26. The summed E-state index contributed by atoms with van der Waals surface area (Å²) in [5.74, 6) is -0.499. The van der Waals surface area contributed by atoms with Crippen LogP contribution in [0.4, 0.5) is 0 Å². The number of rotatable bonds is 5. The molecular weight excluding hydrogens is 410 g/mol. The van der Waals surface area contributed by atoms with E-state index in [1.54, 1.807) is 6.92 Å². The smallest absolute Gasteiger partial charge is 0.221 e. The molecule has 0 spiro atoms. The molecule has 2 atom stereocenters. The van der Waals surface area contributed by atoms with Crippen LogP contribution in [0.2, 0.25) is 0 Å². The molecule has 1 saturated carbocycles. The van der Waals surface area contributed by atoms with Gasteiger partial charge in [0, 0.05) is 11.8 Å². The minimum Gasteiger partial charge on any atom is -0.369 e. The zero-order valence-corrected chi connectivity index (χ0v) is 22.5. The van der Waals surface area contributed by atoms with E-state index in [-0.39, 0.29) is 23.5 Å². The van der Waals surface area contributed by atoms with Crippen LogP contribution in [0, 0.1) is 18.8 Å². The molecule has 1 fully saturated rings. The summed E-state index contributed by atoms with van der Waals surface area (Å²) in [5, 5.41) is 0. The zero-order valence-electron chi connectivity index (χ0n) is 22.5. The molecule has 1 aliphatic rings. The summed E-state index contributed by atoms with van der Waals surface area (Å²) in [5.41, 5.74) is 12.2. The maximum Gasteiger partial charge on any atom is 0.221 e. The van der Waals surface area contributed by atoms with Crippen molar-refractivity contribution in [1.82, 2.24) is 0 Å². The van der Waals surface area contributed by atoms with Crippen molar-refractivity contribution < 1.29 is 14.4 Å². The van der Waals surface area contributed by atoms with Gasteiger partial charge in [-0.25, -0.2) is 0 Å². The van der Waals surface area contributed by atoms with Gasteiger partial charge in [-0.3, -0.25) is 9.59 Å². The summed E-state index contributed by atoms with van der Waals surface area (Å²) < 4.78 is 0. The Morgan fingerprint density at radius 1 is 1.00 bits per heavy atom. The minimum absolute atomic E-state index is 0.101. The Labute approximate surface area is 202 Å². The van der Waals surface area contributed by atoms with Gasteiger partial charge < -0.3 is 10.5 Å². The predicted molar refractivity (Wildman–Crippen MR) is 142 cm³/mol. The van der Waals surface area contributed by atoms with E-state index in [1.807, 2.05) is 13.8 Å². The summed E-state index contributed by atoms with van der Waals surface area (Å²) in [6, 6.07) is 8.60. The van der Waals surface area contributed by atoms with E-state index in [2.05, 4.69) is 65.0 Å². The monoisotopic (exact) mass is 457 g/mol. The van der Waals surface area contributed by atoms with Gasteiger partial charge >= 0.3 is 0 Å². The lowest BCUT2D eigenvalue weighted by Crippen LogP contribution is -2.35. The fourth-order valence-electron chi connectivity index (χ4n) is 4.14. The molecule has 1 aromatic carbocycles. The van der Waals surface area contributed by atoms with E-state index in [1.165, 1.54) is 34.8 Å². The van der Waals surface area contributed by atoms with Crippen LogP contribution in [0.15, 0.2) is 41.5 Å². The molecule has 2 N–H and O–H groups in total. The fraction of sp³-hybridized carbons (Fsp3) is 0.552. The van der Waals surface area contributed by atoms with Crippen molar-refractivity contribution in [3.63, 3.8) is 0 Å². The van der Waals surface area contributed by atoms with Gasteiger partial charge in [0.15, 0.2) is 0 Å². The van der Waals surface area contributed by atoms with E-state index in [0.717, 1.165) is 38.4 Å². The molecule has 4 nitrogen and oxygen atoms in total. The van der Waals surface area contributed by atoms with E-state index in [4.69, 9.17) is 10.5 Å². The molecule has 2 rings (SSSR count). The molecule has 0 aromatic heterocycles. The highest BCUT2D eigenvalue weighted by molar-refractivity contribution is 5.87. The second-order valence-corrected chi connectivity index (χ2v) is 8.10. The third-order valence-electron chi connectivity index (χ3n) is 5.66. The lowest BCUT2D eigenvalue weighted by atomic mass is 9.77. The van der Waals surface area contributed by atoms with Crippen molar-refractivity contribution in [1.29, 1.82) is 0 Å². The Balaban J connectivity index is 0. The molecule has 1 amide bonds. The van der Waals surface area contributed by atoms with Gasteiger partial charge in [0.2, 0.25) is 5.91 Å². The Morgan fingerprint density at radius 3 is 1.82 bits per heavy atom. The first kappa shape index (κ1) is 32.7. The van der Waals surface area contributed by atoms with Crippen molar-refractivity contribution in [2.45, 2.75) is 94.4 Å². The largest absolute Gasteiger partial charge is 0.369 e. The van der Waals surface area contributed by atoms with E-state index >= 15 is 0 Å².